The van der Waals surface area contributed by atoms with Crippen LogP contribution in [0.2, 0.25) is 0 Å². The van der Waals surface area contributed by atoms with Gasteiger partial charge < -0.3 is 5.32 Å². The van der Waals surface area contributed by atoms with Gasteiger partial charge in [-0.3, -0.25) is 0 Å². The molecule has 3 heteroatoms. The SMILES string of the molecule is CCC(NCC1Cc2ccccc2S1)c1cccs1. The van der Waals surface area contributed by atoms with Crippen molar-refractivity contribution in [3.05, 3.63) is 52.2 Å². The minimum atomic E-state index is 0.518. The van der Waals surface area contributed by atoms with Crippen molar-refractivity contribution in [3.8, 4) is 0 Å². The van der Waals surface area contributed by atoms with Crippen LogP contribution < -0.4 is 5.32 Å². The van der Waals surface area contributed by atoms with Crippen LogP contribution in [0.4, 0.5) is 0 Å². The predicted octanol–water partition coefficient (Wildman–Crippen LogP) is 4.51. The number of thiophene rings is 1. The van der Waals surface area contributed by atoms with Gasteiger partial charge in [-0.25, -0.2) is 0 Å². The molecule has 1 aromatic carbocycles. The summed E-state index contributed by atoms with van der Waals surface area (Å²) in [4.78, 5) is 2.93. The number of fused-ring (bicyclic) bond motifs is 1. The molecule has 100 valence electrons. The molecule has 1 aliphatic heterocycles. The molecule has 0 radical (unpaired) electrons. The average Bonchev–Trinajstić information content (AvgIpc) is 3.08. The highest BCUT2D eigenvalue weighted by Gasteiger charge is 2.22. The third-order valence-corrected chi connectivity index (χ3v) is 5.91. The first-order chi connectivity index (χ1) is 9.36. The maximum atomic E-state index is 3.74. The van der Waals surface area contributed by atoms with Crippen molar-refractivity contribution in [2.45, 2.75) is 36.0 Å². The highest BCUT2D eigenvalue weighted by Crippen LogP contribution is 2.36. The summed E-state index contributed by atoms with van der Waals surface area (Å²) in [5, 5.41) is 6.59. The van der Waals surface area contributed by atoms with Crippen LogP contribution in [0.5, 0.6) is 0 Å². The summed E-state index contributed by atoms with van der Waals surface area (Å²) in [6.07, 6.45) is 2.36. The summed E-state index contributed by atoms with van der Waals surface area (Å²) in [6, 6.07) is 13.7. The van der Waals surface area contributed by atoms with Crippen LogP contribution in [-0.4, -0.2) is 11.8 Å². The van der Waals surface area contributed by atoms with Crippen LogP contribution in [0.1, 0.15) is 29.8 Å². The second-order valence-electron chi connectivity index (χ2n) is 4.94. The van der Waals surface area contributed by atoms with Crippen LogP contribution in [0, 0.1) is 0 Å². The highest BCUT2D eigenvalue weighted by atomic mass is 32.2. The van der Waals surface area contributed by atoms with Gasteiger partial charge in [0.1, 0.15) is 0 Å². The van der Waals surface area contributed by atoms with E-state index in [1.807, 2.05) is 23.1 Å². The predicted molar refractivity (Wildman–Crippen MR) is 85.1 cm³/mol. The lowest BCUT2D eigenvalue weighted by Crippen LogP contribution is -2.28. The monoisotopic (exact) mass is 289 g/mol. The lowest BCUT2D eigenvalue weighted by molar-refractivity contribution is 0.523. The molecular weight excluding hydrogens is 270 g/mol. The third kappa shape index (κ3) is 3.04. The number of hydrogen-bond acceptors (Lipinski definition) is 3. The molecule has 2 aromatic rings. The van der Waals surface area contributed by atoms with Crippen LogP contribution in [-0.2, 0) is 6.42 Å². The van der Waals surface area contributed by atoms with Crippen molar-refractivity contribution in [1.29, 1.82) is 0 Å². The van der Waals surface area contributed by atoms with Gasteiger partial charge in [0.05, 0.1) is 0 Å². The smallest absolute Gasteiger partial charge is 0.0412 e. The normalized spacial score (nSPS) is 19.3. The van der Waals surface area contributed by atoms with E-state index in [4.69, 9.17) is 0 Å². The van der Waals surface area contributed by atoms with Gasteiger partial charge in [0.15, 0.2) is 0 Å². The van der Waals surface area contributed by atoms with E-state index < -0.39 is 0 Å². The molecule has 0 aliphatic carbocycles. The summed E-state index contributed by atoms with van der Waals surface area (Å²) in [5.74, 6) is 0. The van der Waals surface area contributed by atoms with Crippen molar-refractivity contribution in [3.63, 3.8) is 0 Å². The topological polar surface area (TPSA) is 12.0 Å². The molecule has 0 bridgehead atoms. The summed E-state index contributed by atoms with van der Waals surface area (Å²) in [7, 11) is 0. The molecule has 0 fully saturated rings. The summed E-state index contributed by atoms with van der Waals surface area (Å²) in [6.45, 7) is 3.35. The standard InChI is InChI=1S/C16H19NS2/c1-2-14(16-8-5-9-18-16)17-11-13-10-12-6-3-4-7-15(12)19-13/h3-9,13-14,17H,2,10-11H2,1H3. The first-order valence-electron chi connectivity index (χ1n) is 6.88. The van der Waals surface area contributed by atoms with Gasteiger partial charge in [0.2, 0.25) is 0 Å². The highest BCUT2D eigenvalue weighted by molar-refractivity contribution is 8.00. The van der Waals surface area contributed by atoms with E-state index in [2.05, 4.69) is 54.0 Å². The number of nitrogens with one attached hydrogen (secondary N) is 1. The minimum absolute atomic E-state index is 0.518. The first kappa shape index (κ1) is 13.2. The van der Waals surface area contributed by atoms with E-state index in [-0.39, 0.29) is 0 Å². The summed E-state index contributed by atoms with van der Waals surface area (Å²) >= 11 is 3.88. The molecule has 2 unspecified atom stereocenters. The lowest BCUT2D eigenvalue weighted by atomic mass is 10.1. The first-order valence-corrected chi connectivity index (χ1v) is 8.64. The largest absolute Gasteiger partial charge is 0.308 e. The van der Waals surface area contributed by atoms with Crippen molar-refractivity contribution < 1.29 is 0 Å². The van der Waals surface area contributed by atoms with Gasteiger partial charge in [-0.05, 0) is 35.9 Å². The Morgan fingerprint density at radius 3 is 2.89 bits per heavy atom. The lowest BCUT2D eigenvalue weighted by Gasteiger charge is -2.18. The van der Waals surface area contributed by atoms with Gasteiger partial charge in [-0.1, -0.05) is 31.2 Å². The molecule has 0 spiro atoms. The zero-order valence-corrected chi connectivity index (χ0v) is 12.8. The van der Waals surface area contributed by atoms with Crippen molar-refractivity contribution in [1.82, 2.24) is 5.32 Å². The Bertz CT molecular complexity index is 496. The molecule has 2 atom stereocenters. The van der Waals surface area contributed by atoms with Crippen molar-refractivity contribution in [2.75, 3.05) is 6.54 Å². The molecule has 1 aromatic heterocycles. The molecule has 0 saturated heterocycles. The van der Waals surface area contributed by atoms with E-state index in [9.17, 15) is 0 Å². The zero-order valence-electron chi connectivity index (χ0n) is 11.1. The van der Waals surface area contributed by atoms with Gasteiger partial charge in [0, 0.05) is 27.6 Å². The van der Waals surface area contributed by atoms with E-state index in [0.717, 1.165) is 13.0 Å². The minimum Gasteiger partial charge on any atom is -0.308 e. The number of rotatable bonds is 5. The van der Waals surface area contributed by atoms with Gasteiger partial charge >= 0.3 is 0 Å². The maximum absolute atomic E-state index is 3.74. The molecule has 19 heavy (non-hydrogen) atoms. The number of hydrogen-bond donors (Lipinski definition) is 1. The Kier molecular flexibility index (Phi) is 4.26. The molecule has 2 heterocycles. The van der Waals surface area contributed by atoms with E-state index in [1.54, 1.807) is 0 Å². The Morgan fingerprint density at radius 1 is 1.26 bits per heavy atom. The van der Waals surface area contributed by atoms with Gasteiger partial charge in [-0.2, -0.15) is 0 Å². The van der Waals surface area contributed by atoms with Gasteiger partial charge in [-0.15, -0.1) is 23.1 Å². The van der Waals surface area contributed by atoms with E-state index in [1.165, 1.54) is 21.8 Å². The average molecular weight is 289 g/mol. The molecular formula is C16H19NS2. The molecule has 0 saturated carbocycles. The Balaban J connectivity index is 1.56. The third-order valence-electron chi connectivity index (χ3n) is 3.60. The van der Waals surface area contributed by atoms with E-state index >= 15 is 0 Å². The molecule has 1 aliphatic rings. The fourth-order valence-electron chi connectivity index (χ4n) is 2.58. The zero-order chi connectivity index (χ0) is 13.1. The molecule has 1 nitrogen and oxygen atoms in total. The second kappa shape index (κ2) is 6.12. The molecule has 0 amide bonds. The van der Waals surface area contributed by atoms with Crippen molar-refractivity contribution >= 4 is 23.1 Å². The quantitative estimate of drug-likeness (QED) is 0.869. The summed E-state index contributed by atoms with van der Waals surface area (Å²) in [5.41, 5.74) is 1.52. The fourth-order valence-corrected chi connectivity index (χ4v) is 4.72. The van der Waals surface area contributed by atoms with Crippen molar-refractivity contribution in [2.24, 2.45) is 0 Å². The number of thioether (sulfide) groups is 1. The second-order valence-corrected chi connectivity index (χ2v) is 7.26. The molecule has 1 N–H and O–H groups in total. The Hall–Kier alpha value is -0.770. The molecule has 3 rings (SSSR count). The number of benzene rings is 1. The Labute approximate surface area is 123 Å². The van der Waals surface area contributed by atoms with Crippen LogP contribution in [0.25, 0.3) is 0 Å². The van der Waals surface area contributed by atoms with E-state index in [0.29, 0.717) is 11.3 Å². The van der Waals surface area contributed by atoms with Crippen LogP contribution in [0.15, 0.2) is 46.7 Å². The fraction of sp³-hybridized carbons (Fsp3) is 0.375. The Morgan fingerprint density at radius 2 is 2.16 bits per heavy atom. The van der Waals surface area contributed by atoms with Crippen LogP contribution in [0.3, 0.4) is 0 Å². The van der Waals surface area contributed by atoms with Crippen LogP contribution >= 0.6 is 23.1 Å². The van der Waals surface area contributed by atoms with Gasteiger partial charge in [0.25, 0.3) is 0 Å². The summed E-state index contributed by atoms with van der Waals surface area (Å²) < 4.78 is 0. The maximum Gasteiger partial charge on any atom is 0.0412 e.